The van der Waals surface area contributed by atoms with Crippen molar-refractivity contribution < 1.29 is 13.3 Å². The van der Waals surface area contributed by atoms with E-state index in [0.29, 0.717) is 6.54 Å². The van der Waals surface area contributed by atoms with Crippen molar-refractivity contribution in [2.45, 2.75) is 30.2 Å². The Labute approximate surface area is 116 Å². The van der Waals surface area contributed by atoms with Crippen LogP contribution in [-0.4, -0.2) is 37.5 Å². The van der Waals surface area contributed by atoms with Crippen molar-refractivity contribution in [3.63, 3.8) is 0 Å². The third-order valence-electron chi connectivity index (χ3n) is 3.09. The minimum atomic E-state index is -3.69. The van der Waals surface area contributed by atoms with E-state index in [4.69, 9.17) is 0 Å². The van der Waals surface area contributed by atoms with Crippen LogP contribution < -0.4 is 10.0 Å². The van der Waals surface area contributed by atoms with Gasteiger partial charge in [-0.2, -0.15) is 0 Å². The predicted octanol–water partition coefficient (Wildman–Crippen LogP) is 0.410. The largest absolute Gasteiger partial charge is 0.363 e. The van der Waals surface area contributed by atoms with Crippen LogP contribution in [0.15, 0.2) is 23.2 Å². The zero-order valence-corrected chi connectivity index (χ0v) is 11.6. The number of hydrogen-bond acceptors (Lipinski definition) is 6. The standard InChI is InChI=1S/C11H16N4O4S/c16-15(17)11-5-4-10(8-13-11)20(18,19)14-9-3-1-2-6-12-7-9/h4-5,8-9,12,14H,1-3,6-7H2. The highest BCUT2D eigenvalue weighted by molar-refractivity contribution is 7.89. The van der Waals surface area contributed by atoms with E-state index in [1.54, 1.807) is 0 Å². The van der Waals surface area contributed by atoms with E-state index >= 15 is 0 Å². The van der Waals surface area contributed by atoms with Crippen LogP contribution in [0.3, 0.4) is 0 Å². The molecule has 0 radical (unpaired) electrons. The zero-order chi connectivity index (χ0) is 14.6. The summed E-state index contributed by atoms with van der Waals surface area (Å²) < 4.78 is 26.9. The van der Waals surface area contributed by atoms with Gasteiger partial charge in [0.25, 0.3) is 0 Å². The van der Waals surface area contributed by atoms with Gasteiger partial charge in [-0.1, -0.05) is 6.42 Å². The van der Waals surface area contributed by atoms with Crippen molar-refractivity contribution in [3.8, 4) is 0 Å². The Kier molecular flexibility index (Phi) is 4.63. The maximum absolute atomic E-state index is 12.1. The molecule has 1 saturated heterocycles. The van der Waals surface area contributed by atoms with Crippen molar-refractivity contribution in [2.24, 2.45) is 0 Å². The van der Waals surface area contributed by atoms with Crippen LogP contribution in [0, 0.1) is 10.1 Å². The Hall–Kier alpha value is -1.58. The Morgan fingerprint density at radius 1 is 1.40 bits per heavy atom. The van der Waals surface area contributed by atoms with Crippen molar-refractivity contribution in [3.05, 3.63) is 28.4 Å². The smallest absolute Gasteiger partial charge is 0.358 e. The van der Waals surface area contributed by atoms with Gasteiger partial charge in [0.15, 0.2) is 6.20 Å². The van der Waals surface area contributed by atoms with Crippen LogP contribution in [0.5, 0.6) is 0 Å². The van der Waals surface area contributed by atoms with Crippen LogP contribution in [0.2, 0.25) is 0 Å². The van der Waals surface area contributed by atoms with Gasteiger partial charge in [-0.05, 0) is 35.4 Å². The van der Waals surface area contributed by atoms with E-state index in [9.17, 15) is 18.5 Å². The second-order valence-corrected chi connectivity index (χ2v) is 6.34. The monoisotopic (exact) mass is 300 g/mol. The molecule has 0 aromatic carbocycles. The van der Waals surface area contributed by atoms with Crippen LogP contribution >= 0.6 is 0 Å². The van der Waals surface area contributed by atoms with E-state index in [-0.39, 0.29) is 16.8 Å². The van der Waals surface area contributed by atoms with Crippen LogP contribution in [0.25, 0.3) is 0 Å². The first-order chi connectivity index (χ1) is 9.49. The van der Waals surface area contributed by atoms with Gasteiger partial charge < -0.3 is 15.4 Å². The number of nitrogens with one attached hydrogen (secondary N) is 2. The van der Waals surface area contributed by atoms with Gasteiger partial charge in [0, 0.05) is 18.7 Å². The molecule has 110 valence electrons. The maximum atomic E-state index is 12.1. The van der Waals surface area contributed by atoms with Gasteiger partial charge in [0.05, 0.1) is 0 Å². The second-order valence-electron chi connectivity index (χ2n) is 4.63. The molecule has 1 aliphatic heterocycles. The van der Waals surface area contributed by atoms with Gasteiger partial charge >= 0.3 is 5.82 Å². The molecule has 1 aromatic rings. The van der Waals surface area contributed by atoms with Crippen LogP contribution in [-0.2, 0) is 10.0 Å². The first kappa shape index (κ1) is 14.8. The molecule has 2 heterocycles. The summed E-state index contributed by atoms with van der Waals surface area (Å²) >= 11 is 0. The van der Waals surface area contributed by atoms with E-state index in [2.05, 4.69) is 15.0 Å². The van der Waals surface area contributed by atoms with E-state index < -0.39 is 14.9 Å². The molecule has 9 heteroatoms. The number of aromatic nitrogens is 1. The predicted molar refractivity (Wildman–Crippen MR) is 71.7 cm³/mol. The number of nitro groups is 1. The van der Waals surface area contributed by atoms with E-state index in [1.165, 1.54) is 6.07 Å². The third-order valence-corrected chi connectivity index (χ3v) is 4.59. The number of hydrogen-bond donors (Lipinski definition) is 2. The lowest BCUT2D eigenvalue weighted by atomic mass is 10.2. The fourth-order valence-electron chi connectivity index (χ4n) is 2.05. The molecule has 1 atom stereocenters. The molecular weight excluding hydrogens is 284 g/mol. The quantitative estimate of drug-likeness (QED) is 0.615. The molecule has 1 unspecified atom stereocenters. The van der Waals surface area contributed by atoms with Gasteiger partial charge in [-0.15, -0.1) is 0 Å². The van der Waals surface area contributed by atoms with Gasteiger partial charge in [-0.25, -0.2) is 13.1 Å². The fraction of sp³-hybridized carbons (Fsp3) is 0.545. The van der Waals surface area contributed by atoms with Crippen molar-refractivity contribution in [1.29, 1.82) is 0 Å². The molecular formula is C11H16N4O4S. The topological polar surface area (TPSA) is 114 Å². The number of rotatable bonds is 4. The van der Waals surface area contributed by atoms with Crippen molar-refractivity contribution >= 4 is 15.8 Å². The molecule has 1 aromatic heterocycles. The summed E-state index contributed by atoms with van der Waals surface area (Å²) in [5.41, 5.74) is 0. The number of nitrogens with zero attached hydrogens (tertiary/aromatic N) is 2. The summed E-state index contributed by atoms with van der Waals surface area (Å²) in [5.74, 6) is -0.375. The lowest BCUT2D eigenvalue weighted by Gasteiger charge is -2.15. The molecule has 0 bridgehead atoms. The Morgan fingerprint density at radius 2 is 2.20 bits per heavy atom. The highest BCUT2D eigenvalue weighted by Gasteiger charge is 2.23. The first-order valence-electron chi connectivity index (χ1n) is 6.32. The summed E-state index contributed by atoms with van der Waals surface area (Å²) in [6, 6.07) is 2.11. The van der Waals surface area contributed by atoms with Crippen LogP contribution in [0.1, 0.15) is 19.3 Å². The molecule has 0 aliphatic carbocycles. The summed E-state index contributed by atoms with van der Waals surface area (Å²) in [7, 11) is -3.69. The molecule has 2 N–H and O–H groups in total. The molecule has 1 aliphatic rings. The normalized spacial score (nSPS) is 20.3. The van der Waals surface area contributed by atoms with Crippen molar-refractivity contribution in [1.82, 2.24) is 15.0 Å². The summed E-state index contributed by atoms with van der Waals surface area (Å²) in [4.78, 5) is 13.3. The Balaban J connectivity index is 2.10. The number of sulfonamides is 1. The lowest BCUT2D eigenvalue weighted by Crippen LogP contribution is -2.40. The summed E-state index contributed by atoms with van der Waals surface area (Å²) in [6.45, 7) is 1.47. The highest BCUT2D eigenvalue weighted by Crippen LogP contribution is 2.14. The minimum absolute atomic E-state index is 0.0626. The average Bonchev–Trinajstić information content (AvgIpc) is 2.67. The van der Waals surface area contributed by atoms with Crippen molar-refractivity contribution in [2.75, 3.05) is 13.1 Å². The minimum Gasteiger partial charge on any atom is -0.358 e. The first-order valence-corrected chi connectivity index (χ1v) is 7.81. The third kappa shape index (κ3) is 3.71. The van der Waals surface area contributed by atoms with Crippen LogP contribution in [0.4, 0.5) is 5.82 Å². The second kappa shape index (κ2) is 6.25. The Morgan fingerprint density at radius 3 is 2.85 bits per heavy atom. The Bertz CT molecular complexity index is 565. The van der Waals surface area contributed by atoms with Gasteiger partial charge in [0.2, 0.25) is 10.0 Å². The SMILES string of the molecule is O=[N+]([O-])c1ccc(S(=O)(=O)NC2CCCCNC2)cn1. The molecule has 0 saturated carbocycles. The highest BCUT2D eigenvalue weighted by atomic mass is 32.2. The maximum Gasteiger partial charge on any atom is 0.363 e. The molecule has 8 nitrogen and oxygen atoms in total. The van der Waals surface area contributed by atoms with E-state index in [0.717, 1.165) is 38.1 Å². The molecule has 0 spiro atoms. The van der Waals surface area contributed by atoms with E-state index in [1.807, 2.05) is 0 Å². The molecule has 20 heavy (non-hydrogen) atoms. The summed E-state index contributed by atoms with van der Waals surface area (Å²) in [6.07, 6.45) is 3.76. The van der Waals surface area contributed by atoms with Gasteiger partial charge in [-0.3, -0.25) is 0 Å². The summed E-state index contributed by atoms with van der Waals surface area (Å²) in [5, 5.41) is 13.7. The molecule has 0 amide bonds. The zero-order valence-electron chi connectivity index (χ0n) is 10.8. The van der Waals surface area contributed by atoms with Gasteiger partial charge in [0.1, 0.15) is 4.90 Å². The fourth-order valence-corrected chi connectivity index (χ4v) is 3.26. The lowest BCUT2D eigenvalue weighted by molar-refractivity contribution is -0.389. The molecule has 1 fully saturated rings. The average molecular weight is 300 g/mol. The molecule has 2 rings (SSSR count). The number of pyridine rings is 1.